The number of hydrogen-bond donors (Lipinski definition) is 2. The maximum Gasteiger partial charge on any atom is 0.254 e. The quantitative estimate of drug-likeness (QED) is 0.682. The maximum atomic E-state index is 14.4. The van der Waals surface area contributed by atoms with Gasteiger partial charge in [0.25, 0.3) is 5.91 Å². The lowest BCUT2D eigenvalue weighted by Gasteiger charge is -2.19. The Kier molecular flexibility index (Phi) is 5.06. The fourth-order valence-corrected chi connectivity index (χ4v) is 2.78. The highest BCUT2D eigenvalue weighted by atomic mass is 19.1. The number of aliphatic hydroxyl groups is 1. The number of nitrogens with two attached hydrogens (primary N) is 1. The second-order valence-electron chi connectivity index (χ2n) is 6.01. The smallest absolute Gasteiger partial charge is 0.254 e. The van der Waals surface area contributed by atoms with Gasteiger partial charge in [-0.25, -0.2) is 18.2 Å². The molecular formula is C18H15F3N4O3. The maximum absolute atomic E-state index is 14.4. The molecular weight excluding hydrogens is 377 g/mol. The van der Waals surface area contributed by atoms with Gasteiger partial charge in [-0.2, -0.15) is 0 Å². The largest absolute Gasteiger partial charge is 0.395 e. The zero-order valence-electron chi connectivity index (χ0n) is 14.6. The van der Waals surface area contributed by atoms with E-state index in [1.807, 2.05) is 0 Å². The van der Waals surface area contributed by atoms with Gasteiger partial charge in [0.2, 0.25) is 5.43 Å². The molecule has 3 N–H and O–H groups in total. The molecule has 2 heterocycles. The molecule has 0 fully saturated rings. The third-order valence-electron chi connectivity index (χ3n) is 4.15. The van der Waals surface area contributed by atoms with Gasteiger partial charge >= 0.3 is 0 Å². The lowest BCUT2D eigenvalue weighted by atomic mass is 10.1. The molecule has 1 amide bonds. The molecule has 0 spiro atoms. The van der Waals surface area contributed by atoms with Crippen molar-refractivity contribution in [1.82, 2.24) is 9.55 Å². The molecule has 1 aromatic carbocycles. The predicted molar refractivity (Wildman–Crippen MR) is 96.1 cm³/mol. The van der Waals surface area contributed by atoms with Crippen molar-refractivity contribution in [2.45, 2.75) is 0 Å². The molecule has 0 bridgehead atoms. The number of hydrogen-bond acceptors (Lipinski definition) is 5. The van der Waals surface area contributed by atoms with Crippen LogP contribution in [-0.2, 0) is 0 Å². The van der Waals surface area contributed by atoms with E-state index in [2.05, 4.69) is 4.98 Å². The minimum Gasteiger partial charge on any atom is -0.395 e. The molecule has 2 aromatic heterocycles. The van der Waals surface area contributed by atoms with Gasteiger partial charge in [-0.3, -0.25) is 14.2 Å². The van der Waals surface area contributed by atoms with Crippen LogP contribution in [0.15, 0.2) is 35.3 Å². The topological polar surface area (TPSA) is 101 Å². The van der Waals surface area contributed by atoms with Gasteiger partial charge in [0.1, 0.15) is 22.9 Å². The number of pyridine rings is 2. The first-order valence-electron chi connectivity index (χ1n) is 8.07. The lowest BCUT2D eigenvalue weighted by Crippen LogP contribution is -2.26. The van der Waals surface area contributed by atoms with Gasteiger partial charge in [-0.05, 0) is 12.1 Å². The molecule has 7 nitrogen and oxygen atoms in total. The summed E-state index contributed by atoms with van der Waals surface area (Å²) in [5.74, 6) is -4.44. The molecule has 0 aliphatic carbocycles. The third-order valence-corrected chi connectivity index (χ3v) is 4.15. The van der Waals surface area contributed by atoms with Crippen molar-refractivity contribution in [2.24, 2.45) is 5.73 Å². The van der Waals surface area contributed by atoms with Crippen molar-refractivity contribution in [3.05, 3.63) is 63.7 Å². The van der Waals surface area contributed by atoms with Crippen molar-refractivity contribution in [3.63, 3.8) is 0 Å². The Labute approximate surface area is 156 Å². The highest BCUT2D eigenvalue weighted by Gasteiger charge is 2.21. The van der Waals surface area contributed by atoms with Crippen LogP contribution in [0.3, 0.4) is 0 Å². The first-order chi connectivity index (χ1) is 13.2. The number of likely N-dealkylation sites (N-methyl/N-ethyl adjacent to an activating group) is 1. The summed E-state index contributed by atoms with van der Waals surface area (Å²) in [5, 5.41) is 8.96. The molecule has 28 heavy (non-hydrogen) atoms. The second kappa shape index (κ2) is 7.31. The van der Waals surface area contributed by atoms with E-state index in [1.165, 1.54) is 12.1 Å². The van der Waals surface area contributed by atoms with Gasteiger partial charge in [-0.15, -0.1) is 0 Å². The number of rotatable bonds is 5. The molecule has 0 saturated heterocycles. The van der Waals surface area contributed by atoms with Crippen LogP contribution >= 0.6 is 0 Å². The monoisotopic (exact) mass is 392 g/mol. The van der Waals surface area contributed by atoms with Crippen molar-refractivity contribution in [3.8, 4) is 5.69 Å². The standard InChI is InChI=1S/C18H15F3N4O3/c1-24(4-5-26)14-3-2-10-16(27)11(17(22)28)8-25(18(10)23-14)15-12(20)6-9(19)7-13(15)21/h2-3,6-8,26H,4-5H2,1H3,(H2,22,28). The number of aliphatic hydroxyl groups excluding tert-OH is 1. The van der Waals surface area contributed by atoms with Crippen LogP contribution in [0.25, 0.3) is 16.7 Å². The average Bonchev–Trinajstić information content (AvgIpc) is 2.62. The number of amides is 1. The minimum absolute atomic E-state index is 0.111. The SMILES string of the molecule is CN(CCO)c1ccc2c(=O)c(C(N)=O)cn(-c3c(F)cc(F)cc3F)c2n1. The van der Waals surface area contributed by atoms with Gasteiger partial charge in [0.15, 0.2) is 17.3 Å². The van der Waals surface area contributed by atoms with Crippen LogP contribution in [0.1, 0.15) is 10.4 Å². The fourth-order valence-electron chi connectivity index (χ4n) is 2.78. The minimum atomic E-state index is -1.26. The number of nitrogens with zero attached hydrogens (tertiary/aromatic N) is 3. The number of fused-ring (bicyclic) bond motifs is 1. The molecule has 0 aliphatic rings. The van der Waals surface area contributed by atoms with Gasteiger partial charge in [0.05, 0.1) is 12.0 Å². The van der Waals surface area contributed by atoms with E-state index in [0.717, 1.165) is 10.8 Å². The fraction of sp³-hybridized carbons (Fsp3) is 0.167. The normalized spacial score (nSPS) is 11.0. The van der Waals surface area contributed by atoms with Crippen LogP contribution in [-0.4, -0.2) is 40.8 Å². The molecule has 3 rings (SSSR count). The number of benzene rings is 1. The zero-order chi connectivity index (χ0) is 20.6. The highest BCUT2D eigenvalue weighted by Crippen LogP contribution is 2.24. The molecule has 146 valence electrons. The number of anilines is 1. The van der Waals surface area contributed by atoms with Crippen molar-refractivity contribution >= 4 is 22.8 Å². The Balaban J connectivity index is 2.42. The number of carbonyl (C=O) groups is 1. The first kappa shape index (κ1) is 19.4. The molecule has 10 heteroatoms. The first-order valence-corrected chi connectivity index (χ1v) is 8.07. The van der Waals surface area contributed by atoms with Gasteiger partial charge in [0, 0.05) is 31.9 Å². The summed E-state index contributed by atoms with van der Waals surface area (Å²) in [7, 11) is 1.61. The summed E-state index contributed by atoms with van der Waals surface area (Å²) < 4.78 is 42.9. The summed E-state index contributed by atoms with van der Waals surface area (Å²) in [5.41, 5.74) is 3.07. The number of carbonyl (C=O) groups excluding carboxylic acids is 1. The molecule has 0 atom stereocenters. The van der Waals surface area contributed by atoms with Crippen molar-refractivity contribution in [1.29, 1.82) is 0 Å². The van der Waals surface area contributed by atoms with E-state index in [-0.39, 0.29) is 24.2 Å². The average molecular weight is 392 g/mol. The summed E-state index contributed by atoms with van der Waals surface area (Å²) in [6.07, 6.45) is 0.870. The Bertz CT molecular complexity index is 1120. The highest BCUT2D eigenvalue weighted by molar-refractivity contribution is 5.96. The Hall–Kier alpha value is -3.40. The molecule has 0 aliphatic heterocycles. The number of primary amides is 1. The Morgan fingerprint density at radius 3 is 2.46 bits per heavy atom. The summed E-state index contributed by atoms with van der Waals surface area (Å²) in [4.78, 5) is 30.0. The van der Waals surface area contributed by atoms with E-state index in [1.54, 1.807) is 11.9 Å². The summed E-state index contributed by atoms with van der Waals surface area (Å²) in [6.45, 7) is 0.0340. The van der Waals surface area contributed by atoms with Gasteiger partial charge < -0.3 is 15.7 Å². The second-order valence-corrected chi connectivity index (χ2v) is 6.01. The van der Waals surface area contributed by atoms with Crippen LogP contribution in [0.2, 0.25) is 0 Å². The van der Waals surface area contributed by atoms with E-state index in [4.69, 9.17) is 10.8 Å². The van der Waals surface area contributed by atoms with E-state index in [0.29, 0.717) is 18.0 Å². The van der Waals surface area contributed by atoms with E-state index in [9.17, 15) is 22.8 Å². The van der Waals surface area contributed by atoms with Crippen LogP contribution in [0, 0.1) is 17.5 Å². The Morgan fingerprint density at radius 2 is 1.89 bits per heavy atom. The lowest BCUT2D eigenvalue weighted by molar-refractivity contribution is 0.0999. The third kappa shape index (κ3) is 3.29. The number of aromatic nitrogens is 2. The van der Waals surface area contributed by atoms with Gasteiger partial charge in [-0.1, -0.05) is 0 Å². The summed E-state index contributed by atoms with van der Waals surface area (Å²) >= 11 is 0. The van der Waals surface area contributed by atoms with E-state index < -0.39 is 40.0 Å². The zero-order valence-corrected chi connectivity index (χ0v) is 14.6. The number of halogens is 3. The molecule has 3 aromatic rings. The predicted octanol–water partition coefficient (Wildman–Crippen LogP) is 1.33. The molecule has 0 saturated carbocycles. The molecule has 0 radical (unpaired) electrons. The van der Waals surface area contributed by atoms with Crippen molar-refractivity contribution in [2.75, 3.05) is 25.1 Å². The Morgan fingerprint density at radius 1 is 1.25 bits per heavy atom. The van der Waals surface area contributed by atoms with Crippen molar-refractivity contribution < 1.29 is 23.1 Å². The van der Waals surface area contributed by atoms with Crippen LogP contribution in [0.4, 0.5) is 19.0 Å². The molecule has 0 unspecified atom stereocenters. The van der Waals surface area contributed by atoms with Crippen LogP contribution < -0.4 is 16.1 Å². The van der Waals surface area contributed by atoms with E-state index >= 15 is 0 Å². The summed E-state index contributed by atoms with van der Waals surface area (Å²) in [6, 6.07) is 3.71. The van der Waals surface area contributed by atoms with Crippen LogP contribution in [0.5, 0.6) is 0 Å².